The summed E-state index contributed by atoms with van der Waals surface area (Å²) in [7, 11) is 0. The average molecular weight is 374 g/mol. The second-order valence-corrected chi connectivity index (χ2v) is 7.61. The largest absolute Gasteiger partial charge is 0.347 e. The van der Waals surface area contributed by atoms with Gasteiger partial charge in [-0.1, -0.05) is 36.4 Å². The number of pyridine rings is 1. The van der Waals surface area contributed by atoms with Crippen LogP contribution in [0.1, 0.15) is 16.8 Å². The summed E-state index contributed by atoms with van der Waals surface area (Å²) in [6, 6.07) is 15.8. The van der Waals surface area contributed by atoms with E-state index in [2.05, 4.69) is 15.2 Å². The van der Waals surface area contributed by atoms with E-state index in [-0.39, 0.29) is 11.9 Å². The molecule has 1 atom stereocenters. The standard InChI is InChI=1S/C21H18N4OS/c26-20(23-14-9-11-25(13-14)21-22-10-12-27-21)19-15-5-1-3-7-17(15)24-18-8-4-2-6-16(18)19/h1-8,10,12,14H,9,11,13H2,(H,23,26). The zero-order valence-corrected chi connectivity index (χ0v) is 15.4. The Morgan fingerprint density at radius 2 is 1.78 bits per heavy atom. The number of nitrogens with one attached hydrogen (secondary N) is 1. The molecule has 1 amide bonds. The van der Waals surface area contributed by atoms with Gasteiger partial charge >= 0.3 is 0 Å². The average Bonchev–Trinajstić information content (AvgIpc) is 3.37. The third-order valence-electron chi connectivity index (χ3n) is 5.03. The molecule has 0 radical (unpaired) electrons. The lowest BCUT2D eigenvalue weighted by molar-refractivity contribution is 0.0943. The summed E-state index contributed by atoms with van der Waals surface area (Å²) in [5.74, 6) is -0.0317. The Bertz CT molecular complexity index is 1070. The number of hydrogen-bond donors (Lipinski definition) is 1. The van der Waals surface area contributed by atoms with Crippen molar-refractivity contribution >= 4 is 44.2 Å². The van der Waals surface area contributed by atoms with Crippen LogP contribution >= 0.6 is 11.3 Å². The maximum absolute atomic E-state index is 13.3. The quantitative estimate of drug-likeness (QED) is 0.553. The highest BCUT2D eigenvalue weighted by Gasteiger charge is 2.27. The number of amides is 1. The van der Waals surface area contributed by atoms with E-state index in [4.69, 9.17) is 4.98 Å². The molecule has 1 aliphatic rings. The molecule has 0 aliphatic carbocycles. The molecule has 0 bridgehead atoms. The number of aromatic nitrogens is 2. The molecule has 1 N–H and O–H groups in total. The Hall–Kier alpha value is -2.99. The van der Waals surface area contributed by atoms with Crippen molar-refractivity contribution in [3.63, 3.8) is 0 Å². The summed E-state index contributed by atoms with van der Waals surface area (Å²) >= 11 is 1.64. The van der Waals surface area contributed by atoms with Crippen molar-refractivity contribution in [3.8, 4) is 0 Å². The molecular formula is C21H18N4OS. The Kier molecular flexibility index (Phi) is 3.98. The first-order valence-corrected chi connectivity index (χ1v) is 9.90. The van der Waals surface area contributed by atoms with E-state index in [0.29, 0.717) is 5.56 Å². The first-order valence-electron chi connectivity index (χ1n) is 9.02. The molecule has 0 saturated carbocycles. The summed E-state index contributed by atoms with van der Waals surface area (Å²) in [6.07, 6.45) is 2.74. The number of rotatable bonds is 3. The lowest BCUT2D eigenvalue weighted by Gasteiger charge is -2.17. The summed E-state index contributed by atoms with van der Waals surface area (Å²) in [5, 5.41) is 8.03. The molecule has 0 spiro atoms. The van der Waals surface area contributed by atoms with Crippen LogP contribution in [0.15, 0.2) is 60.1 Å². The Balaban J connectivity index is 1.48. The van der Waals surface area contributed by atoms with Crippen molar-refractivity contribution in [1.82, 2.24) is 15.3 Å². The molecule has 5 rings (SSSR count). The summed E-state index contributed by atoms with van der Waals surface area (Å²) in [4.78, 5) is 24.6. The number of nitrogens with zero attached hydrogens (tertiary/aromatic N) is 3. The third kappa shape index (κ3) is 2.92. The van der Waals surface area contributed by atoms with Crippen LogP contribution in [0.25, 0.3) is 21.8 Å². The molecule has 27 heavy (non-hydrogen) atoms. The Labute approximate surface area is 160 Å². The maximum atomic E-state index is 13.3. The van der Waals surface area contributed by atoms with Gasteiger partial charge in [0.15, 0.2) is 5.13 Å². The summed E-state index contributed by atoms with van der Waals surface area (Å²) < 4.78 is 0. The highest BCUT2D eigenvalue weighted by molar-refractivity contribution is 7.13. The van der Waals surface area contributed by atoms with Gasteiger partial charge in [0, 0.05) is 41.5 Å². The van der Waals surface area contributed by atoms with Crippen molar-refractivity contribution < 1.29 is 4.79 Å². The molecule has 1 aliphatic heterocycles. The molecule has 1 saturated heterocycles. The zero-order chi connectivity index (χ0) is 18.2. The van der Waals surface area contributed by atoms with Gasteiger partial charge in [0.2, 0.25) is 0 Å². The summed E-state index contributed by atoms with van der Waals surface area (Å²) in [6.45, 7) is 1.70. The van der Waals surface area contributed by atoms with Gasteiger partial charge in [-0.05, 0) is 18.6 Å². The van der Waals surface area contributed by atoms with Gasteiger partial charge in [-0.15, -0.1) is 11.3 Å². The van der Waals surface area contributed by atoms with Crippen LogP contribution in [0.3, 0.4) is 0 Å². The molecule has 2 aromatic carbocycles. The minimum atomic E-state index is -0.0317. The number of carbonyl (C=O) groups excluding carboxylic acids is 1. The number of fused-ring (bicyclic) bond motifs is 2. The number of hydrogen-bond acceptors (Lipinski definition) is 5. The lowest BCUT2D eigenvalue weighted by atomic mass is 10.0. The number of thiazole rings is 1. The van der Waals surface area contributed by atoms with Crippen LogP contribution in [-0.4, -0.2) is 35.0 Å². The molecule has 134 valence electrons. The minimum Gasteiger partial charge on any atom is -0.347 e. The van der Waals surface area contributed by atoms with Crippen LogP contribution < -0.4 is 10.2 Å². The van der Waals surface area contributed by atoms with Gasteiger partial charge in [0.25, 0.3) is 5.91 Å². The van der Waals surface area contributed by atoms with Crippen LogP contribution in [0.4, 0.5) is 5.13 Å². The number of carbonyl (C=O) groups is 1. The van der Waals surface area contributed by atoms with E-state index < -0.39 is 0 Å². The number of anilines is 1. The number of para-hydroxylation sites is 2. The molecule has 2 aromatic heterocycles. The Morgan fingerprint density at radius 3 is 2.44 bits per heavy atom. The third-order valence-corrected chi connectivity index (χ3v) is 5.86. The fraction of sp³-hybridized carbons (Fsp3) is 0.190. The lowest BCUT2D eigenvalue weighted by Crippen LogP contribution is -2.37. The molecule has 1 fully saturated rings. The van der Waals surface area contributed by atoms with Crippen LogP contribution in [0.5, 0.6) is 0 Å². The first kappa shape index (κ1) is 16.2. The second kappa shape index (κ2) is 6.63. The van der Waals surface area contributed by atoms with Crippen molar-refractivity contribution in [3.05, 3.63) is 65.7 Å². The van der Waals surface area contributed by atoms with E-state index in [9.17, 15) is 4.79 Å². The van der Waals surface area contributed by atoms with Gasteiger partial charge in [-0.3, -0.25) is 4.79 Å². The first-order chi connectivity index (χ1) is 13.3. The predicted molar refractivity (Wildman–Crippen MR) is 109 cm³/mol. The fourth-order valence-electron chi connectivity index (χ4n) is 3.77. The van der Waals surface area contributed by atoms with Gasteiger partial charge in [0.1, 0.15) is 0 Å². The van der Waals surface area contributed by atoms with Gasteiger partial charge in [0.05, 0.1) is 16.6 Å². The summed E-state index contributed by atoms with van der Waals surface area (Å²) in [5.41, 5.74) is 2.40. The monoisotopic (exact) mass is 374 g/mol. The molecule has 6 heteroatoms. The van der Waals surface area contributed by atoms with Crippen LogP contribution in [-0.2, 0) is 0 Å². The van der Waals surface area contributed by atoms with E-state index in [1.165, 1.54) is 0 Å². The molecule has 4 aromatic rings. The van der Waals surface area contributed by atoms with Crippen molar-refractivity contribution in [1.29, 1.82) is 0 Å². The van der Waals surface area contributed by atoms with Crippen LogP contribution in [0, 0.1) is 0 Å². The second-order valence-electron chi connectivity index (χ2n) is 6.74. The Morgan fingerprint density at radius 1 is 1.07 bits per heavy atom. The minimum absolute atomic E-state index is 0.0317. The predicted octanol–water partition coefficient (Wildman–Crippen LogP) is 3.85. The fourth-order valence-corrected chi connectivity index (χ4v) is 4.45. The SMILES string of the molecule is O=C(NC1CCN(c2nccs2)C1)c1c2ccccc2nc2ccccc12. The van der Waals surface area contributed by atoms with E-state index in [1.54, 1.807) is 11.3 Å². The van der Waals surface area contributed by atoms with E-state index >= 15 is 0 Å². The molecule has 3 heterocycles. The molecule has 5 nitrogen and oxygen atoms in total. The van der Waals surface area contributed by atoms with Gasteiger partial charge in [-0.25, -0.2) is 9.97 Å². The topological polar surface area (TPSA) is 58.1 Å². The van der Waals surface area contributed by atoms with Crippen molar-refractivity contribution in [2.75, 3.05) is 18.0 Å². The van der Waals surface area contributed by atoms with Crippen LogP contribution in [0.2, 0.25) is 0 Å². The molecular weight excluding hydrogens is 356 g/mol. The van der Waals surface area contributed by atoms with Gasteiger partial charge < -0.3 is 10.2 Å². The van der Waals surface area contributed by atoms with Crippen molar-refractivity contribution in [2.45, 2.75) is 12.5 Å². The molecule has 1 unspecified atom stereocenters. The van der Waals surface area contributed by atoms with E-state index in [1.807, 2.05) is 60.1 Å². The van der Waals surface area contributed by atoms with Crippen molar-refractivity contribution in [2.24, 2.45) is 0 Å². The number of benzene rings is 2. The smallest absolute Gasteiger partial charge is 0.252 e. The van der Waals surface area contributed by atoms with E-state index in [0.717, 1.165) is 46.4 Å². The highest BCUT2D eigenvalue weighted by atomic mass is 32.1. The normalized spacial score (nSPS) is 16.9. The zero-order valence-electron chi connectivity index (χ0n) is 14.6. The highest BCUT2D eigenvalue weighted by Crippen LogP contribution is 2.27. The maximum Gasteiger partial charge on any atom is 0.252 e. The van der Waals surface area contributed by atoms with Gasteiger partial charge in [-0.2, -0.15) is 0 Å².